The third kappa shape index (κ3) is 4.28. The fourth-order valence-corrected chi connectivity index (χ4v) is 5.97. The van der Waals surface area contributed by atoms with Gasteiger partial charge in [-0.2, -0.15) is 15.0 Å². The number of amides is 1. The highest BCUT2D eigenvalue weighted by Gasteiger charge is 2.44. The Morgan fingerprint density at radius 3 is 2.68 bits per heavy atom. The predicted molar refractivity (Wildman–Crippen MR) is 134 cm³/mol. The van der Waals surface area contributed by atoms with Crippen molar-refractivity contribution in [1.29, 1.82) is 0 Å². The highest BCUT2D eigenvalue weighted by molar-refractivity contribution is 7.89. The third-order valence-electron chi connectivity index (χ3n) is 6.63. The maximum absolute atomic E-state index is 13.8. The summed E-state index contributed by atoms with van der Waals surface area (Å²) < 4.78 is 30.6. The molecule has 2 aromatic heterocycles. The van der Waals surface area contributed by atoms with Crippen LogP contribution in [0.25, 0.3) is 0 Å². The summed E-state index contributed by atoms with van der Waals surface area (Å²) in [6, 6.07) is 4.27. The summed E-state index contributed by atoms with van der Waals surface area (Å²) in [5.41, 5.74) is 1.76. The van der Waals surface area contributed by atoms with Crippen LogP contribution in [0.15, 0.2) is 46.7 Å². The largest absolute Gasteiger partial charge is 0.295 e. The number of hydrogen-bond acceptors (Lipinski definition) is 8. The highest BCUT2D eigenvalue weighted by atomic mass is 32.2. The molecule has 2 aliphatic heterocycles. The molecule has 0 spiro atoms. The Balaban J connectivity index is 1.41. The van der Waals surface area contributed by atoms with Gasteiger partial charge in [-0.3, -0.25) is 19.3 Å². The maximum Gasteiger partial charge on any atom is 0.263 e. The monoisotopic (exact) mass is 519 g/mol. The Morgan fingerprint density at radius 2 is 2.00 bits per heavy atom. The zero-order valence-electron chi connectivity index (χ0n) is 20.6. The summed E-state index contributed by atoms with van der Waals surface area (Å²) in [5, 5.41) is 12.5. The van der Waals surface area contributed by atoms with Gasteiger partial charge in [-0.25, -0.2) is 18.1 Å². The van der Waals surface area contributed by atoms with E-state index in [2.05, 4.69) is 36.9 Å². The number of aromatic nitrogens is 5. The van der Waals surface area contributed by atoms with Crippen molar-refractivity contribution < 1.29 is 13.2 Å². The van der Waals surface area contributed by atoms with Gasteiger partial charge in [-0.15, -0.1) is 5.10 Å². The Morgan fingerprint density at radius 1 is 1.19 bits per heavy atom. The molecule has 1 aliphatic carbocycles. The molecule has 1 fully saturated rings. The van der Waals surface area contributed by atoms with E-state index in [1.165, 1.54) is 16.9 Å². The predicted octanol–water partition coefficient (Wildman–Crippen LogP) is 0.632. The second kappa shape index (κ2) is 8.25. The Kier molecular flexibility index (Phi) is 5.22. The van der Waals surface area contributed by atoms with E-state index in [9.17, 15) is 13.2 Å². The molecule has 3 aromatic rings. The highest BCUT2D eigenvalue weighted by Crippen LogP contribution is 2.38. The van der Waals surface area contributed by atoms with E-state index in [1.807, 2.05) is 18.0 Å². The van der Waals surface area contributed by atoms with Gasteiger partial charge in [0.25, 0.3) is 5.91 Å². The zero-order chi connectivity index (χ0) is 25.9. The van der Waals surface area contributed by atoms with Crippen LogP contribution in [0.3, 0.4) is 0 Å². The quantitative estimate of drug-likeness (QED) is 0.489. The van der Waals surface area contributed by atoms with Crippen LogP contribution in [-0.4, -0.2) is 68.1 Å². The zero-order valence-corrected chi connectivity index (χ0v) is 21.4. The molecule has 4 heterocycles. The average Bonchev–Trinajstić information content (AvgIpc) is 3.21. The molecule has 0 bridgehead atoms. The average molecular weight is 520 g/mol. The lowest BCUT2D eigenvalue weighted by atomic mass is 10.1. The second-order valence-corrected chi connectivity index (χ2v) is 11.5. The van der Waals surface area contributed by atoms with Gasteiger partial charge in [0.15, 0.2) is 5.69 Å². The molecule has 190 valence electrons. The van der Waals surface area contributed by atoms with Crippen LogP contribution in [0.1, 0.15) is 41.4 Å². The van der Waals surface area contributed by atoms with Gasteiger partial charge >= 0.3 is 0 Å². The van der Waals surface area contributed by atoms with E-state index in [4.69, 9.17) is 0 Å². The van der Waals surface area contributed by atoms with Gasteiger partial charge in [0.1, 0.15) is 6.04 Å². The molecule has 1 N–H and O–H groups in total. The first kappa shape index (κ1) is 23.4. The minimum atomic E-state index is -3.79. The van der Waals surface area contributed by atoms with Gasteiger partial charge in [0.2, 0.25) is 16.0 Å². The molecular weight excluding hydrogens is 494 g/mol. The summed E-state index contributed by atoms with van der Waals surface area (Å²) in [6.07, 6.45) is 6.67. The fraction of sp³-hybridized carbons (Fsp3) is 0.375. The molecule has 0 radical (unpaired) electrons. The molecule has 37 heavy (non-hydrogen) atoms. The van der Waals surface area contributed by atoms with Gasteiger partial charge in [-0.05, 0) is 43.9 Å². The van der Waals surface area contributed by atoms with Crippen LogP contribution in [-0.2, 0) is 30.7 Å². The number of aliphatic imine (C=N–C) groups is 1. The van der Waals surface area contributed by atoms with Gasteiger partial charge in [0.05, 0.1) is 41.6 Å². The van der Waals surface area contributed by atoms with Crippen molar-refractivity contribution in [3.63, 3.8) is 0 Å². The summed E-state index contributed by atoms with van der Waals surface area (Å²) in [6.45, 7) is 2.45. The van der Waals surface area contributed by atoms with Crippen LogP contribution >= 0.6 is 0 Å². The molecule has 1 saturated carbocycles. The van der Waals surface area contributed by atoms with Crippen molar-refractivity contribution in [2.75, 3.05) is 11.4 Å². The minimum Gasteiger partial charge on any atom is -0.295 e. The van der Waals surface area contributed by atoms with Crippen molar-refractivity contribution in [3.05, 3.63) is 53.6 Å². The first-order valence-corrected chi connectivity index (χ1v) is 13.3. The smallest absolute Gasteiger partial charge is 0.263 e. The summed E-state index contributed by atoms with van der Waals surface area (Å²) in [5.74, 6) is 6.38. The van der Waals surface area contributed by atoms with E-state index < -0.39 is 15.6 Å². The molecule has 12 nitrogen and oxygen atoms in total. The number of aryl methyl sites for hydroxylation is 2. The number of fused-ring (bicyclic) bond motifs is 3. The normalized spacial score (nSPS) is 19.7. The van der Waals surface area contributed by atoms with Crippen molar-refractivity contribution in [2.45, 2.75) is 42.8 Å². The van der Waals surface area contributed by atoms with Crippen molar-refractivity contribution >= 4 is 27.6 Å². The molecular formula is C24H25N9O3S. The van der Waals surface area contributed by atoms with Crippen LogP contribution in [0.2, 0.25) is 0 Å². The minimum absolute atomic E-state index is 0.0517. The maximum atomic E-state index is 13.8. The summed E-state index contributed by atoms with van der Waals surface area (Å²) in [4.78, 5) is 23.3. The van der Waals surface area contributed by atoms with E-state index >= 15 is 0 Å². The number of carbonyl (C=O) groups excluding carboxylic acids is 1. The topological polar surface area (TPSA) is 131 Å². The van der Waals surface area contributed by atoms with Gasteiger partial charge in [-0.1, -0.05) is 5.92 Å². The summed E-state index contributed by atoms with van der Waals surface area (Å²) in [7, 11) is -0.272. The van der Waals surface area contributed by atoms with Gasteiger partial charge in [0, 0.05) is 31.4 Å². The van der Waals surface area contributed by atoms with Crippen LogP contribution < -0.4 is 9.62 Å². The number of guanidine groups is 1. The lowest BCUT2D eigenvalue weighted by Gasteiger charge is -2.37. The number of hydrogen-bond donors (Lipinski definition) is 1. The lowest BCUT2D eigenvalue weighted by Crippen LogP contribution is -2.52. The lowest BCUT2D eigenvalue weighted by molar-refractivity contribution is 0.0833. The SMILES string of the molecule is Cn1cc(CN2C(=O)c3cc(S(=O)(=O)NC4(C)CC4)ccc3N3C2=NC[C@@H]3C#Cc2cnn(C)n2)cn1. The van der Waals surface area contributed by atoms with Gasteiger partial charge < -0.3 is 0 Å². The number of nitrogens with zero attached hydrogens (tertiary/aromatic N) is 8. The number of carbonyl (C=O) groups is 1. The Hall–Kier alpha value is -4.02. The van der Waals surface area contributed by atoms with Crippen molar-refractivity contribution in [2.24, 2.45) is 19.1 Å². The van der Waals surface area contributed by atoms with Crippen LogP contribution in [0, 0.1) is 11.8 Å². The molecule has 1 amide bonds. The van der Waals surface area contributed by atoms with E-state index in [0.29, 0.717) is 23.9 Å². The first-order chi connectivity index (χ1) is 17.6. The van der Waals surface area contributed by atoms with Crippen LogP contribution in [0.5, 0.6) is 0 Å². The molecule has 0 unspecified atom stereocenters. The van der Waals surface area contributed by atoms with Crippen molar-refractivity contribution in [1.82, 2.24) is 34.4 Å². The second-order valence-electron chi connectivity index (χ2n) is 9.77. The number of nitrogens with one attached hydrogen (secondary N) is 1. The first-order valence-electron chi connectivity index (χ1n) is 11.8. The number of sulfonamides is 1. The van der Waals surface area contributed by atoms with E-state index in [-0.39, 0.29) is 29.0 Å². The number of anilines is 1. The molecule has 1 atom stereocenters. The standard InChI is InChI=1S/C24H25N9O3S/c1-24(8-9-24)29-37(35,36)19-6-7-21-20(10-19)22(34)32(15-16-11-26-30(2)14-16)23-25-13-18(33(21)23)5-4-17-12-27-31(3)28-17/h6-7,10-12,14,18,29H,8-9,13,15H2,1-3H3/t18-/m0/s1. The fourth-order valence-electron chi connectivity index (χ4n) is 4.48. The molecule has 6 rings (SSSR count). The molecule has 1 aromatic carbocycles. The summed E-state index contributed by atoms with van der Waals surface area (Å²) >= 11 is 0. The number of benzene rings is 1. The molecule has 0 saturated heterocycles. The molecule has 13 heteroatoms. The van der Waals surface area contributed by atoms with Crippen LogP contribution in [0.4, 0.5) is 5.69 Å². The Bertz CT molecular complexity index is 1620. The third-order valence-corrected chi connectivity index (χ3v) is 8.27. The number of rotatable bonds is 5. The van der Waals surface area contributed by atoms with Crippen molar-refractivity contribution in [3.8, 4) is 11.8 Å². The molecule has 3 aliphatic rings. The van der Waals surface area contributed by atoms with E-state index in [0.717, 1.165) is 18.4 Å². The van der Waals surface area contributed by atoms with E-state index in [1.54, 1.807) is 42.1 Å². The Labute approximate surface area is 214 Å².